The number of urea groups is 1. The van der Waals surface area contributed by atoms with Crippen molar-refractivity contribution in [2.24, 2.45) is 0 Å². The first-order valence-corrected chi connectivity index (χ1v) is 6.51. The number of nitrogens with one attached hydrogen (secondary N) is 2. The molecule has 1 rings (SSSR count). The van der Waals surface area contributed by atoms with Gasteiger partial charge in [-0.05, 0) is 13.8 Å². The number of carboxylic acid groups (broad SMARTS) is 1. The summed E-state index contributed by atoms with van der Waals surface area (Å²) in [5.74, 6) is -1.91. The third-order valence-corrected chi connectivity index (χ3v) is 3.20. The van der Waals surface area contributed by atoms with Crippen molar-refractivity contribution in [1.29, 1.82) is 0 Å². The van der Waals surface area contributed by atoms with Gasteiger partial charge in [-0.3, -0.25) is 10.1 Å². The fourth-order valence-corrected chi connectivity index (χ4v) is 2.01. The zero-order valence-corrected chi connectivity index (χ0v) is 11.8. The van der Waals surface area contributed by atoms with Gasteiger partial charge in [-0.25, -0.2) is 14.6 Å². The topological polar surface area (TPSA) is 118 Å². The van der Waals surface area contributed by atoms with Crippen LogP contribution >= 0.6 is 11.3 Å². The molecule has 9 heteroatoms. The molecular weight excluding hydrogens is 286 g/mol. The van der Waals surface area contributed by atoms with Crippen molar-refractivity contribution in [2.45, 2.75) is 19.4 Å². The summed E-state index contributed by atoms with van der Waals surface area (Å²) in [6.07, 6.45) is 1.62. The molecule has 0 unspecified atom stereocenters. The summed E-state index contributed by atoms with van der Waals surface area (Å²) in [7, 11) is 0. The molecular formula is C11H15N3O5S. The molecule has 0 saturated carbocycles. The van der Waals surface area contributed by atoms with Crippen LogP contribution < -0.4 is 10.6 Å². The van der Waals surface area contributed by atoms with Crippen LogP contribution in [0.4, 0.5) is 4.79 Å². The minimum atomic E-state index is -1.19. The first-order valence-electron chi connectivity index (χ1n) is 5.63. The molecule has 0 fully saturated rings. The highest BCUT2D eigenvalue weighted by atomic mass is 32.1. The molecule has 0 radical (unpaired) electrons. The zero-order valence-electron chi connectivity index (χ0n) is 11.0. The first kappa shape index (κ1) is 16.1. The summed E-state index contributed by atoms with van der Waals surface area (Å²) in [5, 5.41) is 15.4. The van der Waals surface area contributed by atoms with Crippen molar-refractivity contribution in [3.05, 3.63) is 16.6 Å². The molecule has 1 heterocycles. The van der Waals surface area contributed by atoms with E-state index in [4.69, 9.17) is 5.11 Å². The van der Waals surface area contributed by atoms with Crippen LogP contribution in [0.25, 0.3) is 0 Å². The molecule has 0 atom stereocenters. The van der Waals surface area contributed by atoms with Crippen molar-refractivity contribution in [3.63, 3.8) is 0 Å². The average molecular weight is 301 g/mol. The predicted octanol–water partition coefficient (Wildman–Crippen LogP) is 0.305. The summed E-state index contributed by atoms with van der Waals surface area (Å²) in [4.78, 5) is 37.2. The number of nitrogens with zero attached hydrogens (tertiary/aromatic N) is 1. The fourth-order valence-electron chi connectivity index (χ4n) is 1.29. The predicted molar refractivity (Wildman–Crippen MR) is 70.3 cm³/mol. The van der Waals surface area contributed by atoms with Gasteiger partial charge in [0.2, 0.25) is 0 Å². The number of ether oxygens (including phenoxy) is 1. The summed E-state index contributed by atoms with van der Waals surface area (Å²) in [5.41, 5.74) is -0.722. The number of aliphatic carboxylic acids is 1. The van der Waals surface area contributed by atoms with E-state index in [1.54, 1.807) is 25.4 Å². The Morgan fingerprint density at radius 1 is 1.40 bits per heavy atom. The summed E-state index contributed by atoms with van der Waals surface area (Å²) < 4.78 is 4.56. The molecule has 8 nitrogen and oxygen atoms in total. The monoisotopic (exact) mass is 301 g/mol. The van der Waals surface area contributed by atoms with Crippen LogP contribution in [0, 0.1) is 0 Å². The van der Waals surface area contributed by atoms with Gasteiger partial charge in [0, 0.05) is 11.6 Å². The first-order chi connectivity index (χ1) is 9.31. The Hall–Kier alpha value is -2.00. The summed E-state index contributed by atoms with van der Waals surface area (Å²) in [6, 6.07) is -0.700. The lowest BCUT2D eigenvalue weighted by Gasteiger charge is -2.23. The van der Waals surface area contributed by atoms with E-state index in [1.807, 2.05) is 5.32 Å². The van der Waals surface area contributed by atoms with Gasteiger partial charge in [0.15, 0.2) is 0 Å². The molecule has 0 aliphatic heterocycles. The molecule has 0 aliphatic carbocycles. The van der Waals surface area contributed by atoms with Crippen LogP contribution in [0.2, 0.25) is 0 Å². The maximum Gasteiger partial charge on any atom is 0.329 e. The van der Waals surface area contributed by atoms with Crippen molar-refractivity contribution < 1.29 is 24.2 Å². The average Bonchev–Trinajstić information content (AvgIpc) is 2.80. The van der Waals surface area contributed by atoms with Crippen LogP contribution in [-0.2, 0) is 19.9 Å². The number of thiazole rings is 1. The molecule has 1 aromatic rings. The van der Waals surface area contributed by atoms with Crippen LogP contribution in [0.15, 0.2) is 11.6 Å². The van der Waals surface area contributed by atoms with Crippen molar-refractivity contribution in [2.75, 3.05) is 13.2 Å². The molecule has 110 valence electrons. The standard InChI is InChI=1S/C11H15N3O5S/c1-11(2,9-12-3-4-20-9)14-10(18)13-7(15)5-19-6-8(16)17/h3-4H,5-6H2,1-2H3,(H,16,17)(H2,13,14,15,18). The van der Waals surface area contributed by atoms with Crippen LogP contribution in [0.3, 0.4) is 0 Å². The van der Waals surface area contributed by atoms with Gasteiger partial charge >= 0.3 is 12.0 Å². The zero-order chi connectivity index (χ0) is 15.2. The highest BCUT2D eigenvalue weighted by Gasteiger charge is 2.26. The van der Waals surface area contributed by atoms with E-state index in [2.05, 4.69) is 15.0 Å². The lowest BCUT2D eigenvalue weighted by Crippen LogP contribution is -2.49. The van der Waals surface area contributed by atoms with Gasteiger partial charge in [0.25, 0.3) is 5.91 Å². The van der Waals surface area contributed by atoms with Gasteiger partial charge < -0.3 is 15.2 Å². The molecule has 0 aromatic carbocycles. The second-order valence-corrected chi connectivity index (χ2v) is 5.25. The Kier molecular flexibility index (Phi) is 5.59. The van der Waals surface area contributed by atoms with E-state index >= 15 is 0 Å². The van der Waals surface area contributed by atoms with Gasteiger partial charge in [0.1, 0.15) is 18.2 Å². The third kappa shape index (κ3) is 5.33. The second kappa shape index (κ2) is 6.96. The molecule has 0 aliphatic rings. The van der Waals surface area contributed by atoms with Crippen molar-refractivity contribution in [1.82, 2.24) is 15.6 Å². The summed E-state index contributed by atoms with van der Waals surface area (Å²) in [6.45, 7) is 2.39. The SMILES string of the molecule is CC(C)(NC(=O)NC(=O)COCC(=O)O)c1nccs1. The molecule has 20 heavy (non-hydrogen) atoms. The summed E-state index contributed by atoms with van der Waals surface area (Å²) >= 11 is 1.38. The number of carbonyl (C=O) groups excluding carboxylic acids is 2. The van der Waals surface area contributed by atoms with Crippen molar-refractivity contribution >= 4 is 29.2 Å². The van der Waals surface area contributed by atoms with E-state index in [0.717, 1.165) is 0 Å². The highest BCUT2D eigenvalue weighted by molar-refractivity contribution is 7.09. The Balaban J connectivity index is 2.39. The Bertz CT molecular complexity index is 486. The smallest absolute Gasteiger partial charge is 0.329 e. The third-order valence-electron chi connectivity index (χ3n) is 2.10. The van der Waals surface area contributed by atoms with Gasteiger partial charge in [0.05, 0.1) is 5.54 Å². The van der Waals surface area contributed by atoms with Crippen LogP contribution in [0.1, 0.15) is 18.9 Å². The van der Waals surface area contributed by atoms with Crippen LogP contribution in [-0.4, -0.2) is 41.2 Å². The number of carbonyl (C=O) groups is 3. The van der Waals surface area contributed by atoms with E-state index in [0.29, 0.717) is 5.01 Å². The Labute approximate surface area is 119 Å². The Morgan fingerprint density at radius 3 is 2.65 bits per heavy atom. The fraction of sp³-hybridized carbons (Fsp3) is 0.455. The number of hydrogen-bond donors (Lipinski definition) is 3. The number of imide groups is 1. The maximum absolute atomic E-state index is 11.6. The number of carboxylic acids is 1. The number of aromatic nitrogens is 1. The van der Waals surface area contributed by atoms with E-state index in [1.165, 1.54) is 11.3 Å². The minimum Gasteiger partial charge on any atom is -0.480 e. The molecule has 0 saturated heterocycles. The molecule has 3 N–H and O–H groups in total. The van der Waals surface area contributed by atoms with Crippen molar-refractivity contribution in [3.8, 4) is 0 Å². The van der Waals surface area contributed by atoms with Gasteiger partial charge in [-0.1, -0.05) is 0 Å². The molecule has 3 amide bonds. The van der Waals surface area contributed by atoms with Gasteiger partial charge in [-0.15, -0.1) is 11.3 Å². The molecule has 0 spiro atoms. The number of hydrogen-bond acceptors (Lipinski definition) is 6. The minimum absolute atomic E-state index is 0.503. The number of amides is 3. The quantitative estimate of drug-likeness (QED) is 0.696. The molecule has 0 bridgehead atoms. The van der Waals surface area contributed by atoms with E-state index in [-0.39, 0.29) is 0 Å². The second-order valence-electron chi connectivity index (χ2n) is 4.35. The van der Waals surface area contributed by atoms with Crippen LogP contribution in [0.5, 0.6) is 0 Å². The lowest BCUT2D eigenvalue weighted by molar-refractivity contribution is -0.143. The Morgan fingerprint density at radius 2 is 2.10 bits per heavy atom. The maximum atomic E-state index is 11.6. The van der Waals surface area contributed by atoms with E-state index in [9.17, 15) is 14.4 Å². The largest absolute Gasteiger partial charge is 0.480 e. The molecule has 1 aromatic heterocycles. The normalized spacial score (nSPS) is 10.9. The van der Waals surface area contributed by atoms with E-state index < -0.39 is 36.7 Å². The lowest BCUT2D eigenvalue weighted by atomic mass is 10.1. The highest BCUT2D eigenvalue weighted by Crippen LogP contribution is 2.21. The number of rotatable bonds is 6. The van der Waals surface area contributed by atoms with Gasteiger partial charge in [-0.2, -0.15) is 0 Å².